The maximum atomic E-state index is 6.65. The second-order valence-electron chi connectivity index (χ2n) is 18.3. The first-order valence-electron chi connectivity index (χ1n) is 23.8. The second-order valence-corrected chi connectivity index (χ2v) is 18.3. The van der Waals surface area contributed by atoms with Crippen LogP contribution in [0.5, 0.6) is 0 Å². The summed E-state index contributed by atoms with van der Waals surface area (Å²) in [5.41, 5.74) is 23.8. The summed E-state index contributed by atoms with van der Waals surface area (Å²) in [4.78, 5) is 2.52. The standard InChI is InChI=1S/C67H43NO/c1-3-19-44(20-4-1)50-25-7-9-27-52(50)47-37-39-63-61(42-47)67(59-34-14-11-29-55(59)56-30-12-15-35-60(56)67)62-43-48(53-28-10-8-26-51(53)45-21-5-2-6-22-45)38-40-64(62)68(63)49-24-17-23-46(41-49)54-32-18-33-58-57-31-13-16-36-65(57)69-66(54)58/h1-43H. The number of para-hydroxylation sites is 2. The van der Waals surface area contributed by atoms with Crippen molar-refractivity contribution < 1.29 is 4.42 Å². The van der Waals surface area contributed by atoms with E-state index in [1.54, 1.807) is 0 Å². The molecule has 1 aromatic heterocycles. The van der Waals surface area contributed by atoms with Crippen LogP contribution >= 0.6 is 0 Å². The molecule has 2 aliphatic rings. The molecule has 69 heavy (non-hydrogen) atoms. The van der Waals surface area contributed by atoms with E-state index in [0.717, 1.165) is 50.1 Å². The Bertz CT molecular complexity index is 3790. The van der Waals surface area contributed by atoms with Crippen LogP contribution in [0.3, 0.4) is 0 Å². The first kappa shape index (κ1) is 39.2. The van der Waals surface area contributed by atoms with Gasteiger partial charge in [-0.1, -0.05) is 218 Å². The molecule has 1 spiro atoms. The van der Waals surface area contributed by atoms with Crippen LogP contribution in [0.2, 0.25) is 0 Å². The third kappa shape index (κ3) is 5.92. The average Bonchev–Trinajstić information content (AvgIpc) is 3.96. The number of fused-ring (bicyclic) bond motifs is 12. The van der Waals surface area contributed by atoms with Gasteiger partial charge in [0.05, 0.1) is 16.8 Å². The number of hydrogen-bond donors (Lipinski definition) is 0. The van der Waals surface area contributed by atoms with Crippen LogP contribution in [-0.2, 0) is 5.41 Å². The number of furan rings is 1. The van der Waals surface area contributed by atoms with E-state index in [1.807, 2.05) is 6.07 Å². The Balaban J connectivity index is 1.07. The highest BCUT2D eigenvalue weighted by Crippen LogP contribution is 2.64. The molecule has 322 valence electrons. The van der Waals surface area contributed by atoms with Crippen LogP contribution in [0.25, 0.3) is 88.7 Å². The van der Waals surface area contributed by atoms with Gasteiger partial charge in [0.2, 0.25) is 0 Å². The van der Waals surface area contributed by atoms with Crippen molar-refractivity contribution in [1.29, 1.82) is 0 Å². The van der Waals surface area contributed by atoms with Gasteiger partial charge in [0.25, 0.3) is 0 Å². The third-order valence-corrected chi connectivity index (χ3v) is 14.7. The van der Waals surface area contributed by atoms with E-state index in [2.05, 4.69) is 260 Å². The van der Waals surface area contributed by atoms with Crippen LogP contribution in [0.4, 0.5) is 17.1 Å². The van der Waals surface area contributed by atoms with Gasteiger partial charge in [0.1, 0.15) is 11.2 Å². The lowest BCUT2D eigenvalue weighted by Gasteiger charge is -2.45. The summed E-state index contributed by atoms with van der Waals surface area (Å²) in [6.07, 6.45) is 0. The van der Waals surface area contributed by atoms with Gasteiger partial charge in [0, 0.05) is 22.0 Å². The van der Waals surface area contributed by atoms with Gasteiger partial charge in [-0.15, -0.1) is 0 Å². The lowest BCUT2D eigenvalue weighted by molar-refractivity contribution is 0.670. The quantitative estimate of drug-likeness (QED) is 0.165. The largest absolute Gasteiger partial charge is 0.455 e. The number of rotatable bonds is 6. The SMILES string of the molecule is c1ccc(-c2ccccc2-c2ccc3c(c2)C2(c4ccccc4-c4ccccc42)c2cc(-c4ccccc4-c4ccccc4)ccc2N3c2cccc(-c3cccc4c3oc3ccccc34)c2)cc1. The minimum Gasteiger partial charge on any atom is -0.455 e. The molecule has 2 nitrogen and oxygen atoms in total. The lowest BCUT2D eigenvalue weighted by Crippen LogP contribution is -2.36. The summed E-state index contributed by atoms with van der Waals surface area (Å²) < 4.78 is 6.65. The molecular weight excluding hydrogens is 835 g/mol. The van der Waals surface area contributed by atoms with E-state index in [9.17, 15) is 0 Å². The van der Waals surface area contributed by atoms with Crippen LogP contribution < -0.4 is 4.90 Å². The van der Waals surface area contributed by atoms with E-state index >= 15 is 0 Å². The highest BCUT2D eigenvalue weighted by atomic mass is 16.3. The number of benzene rings is 11. The van der Waals surface area contributed by atoms with Gasteiger partial charge in [-0.25, -0.2) is 0 Å². The number of hydrogen-bond acceptors (Lipinski definition) is 2. The molecule has 0 radical (unpaired) electrons. The predicted octanol–water partition coefficient (Wildman–Crippen LogP) is 18.1. The van der Waals surface area contributed by atoms with Crippen molar-refractivity contribution in [3.63, 3.8) is 0 Å². The fourth-order valence-electron chi connectivity index (χ4n) is 11.8. The lowest BCUT2D eigenvalue weighted by atomic mass is 9.64. The van der Waals surface area contributed by atoms with Crippen molar-refractivity contribution in [2.24, 2.45) is 0 Å². The van der Waals surface area contributed by atoms with Gasteiger partial charge in [-0.3, -0.25) is 0 Å². The Morgan fingerprint density at radius 1 is 0.275 bits per heavy atom. The minimum atomic E-state index is -0.665. The van der Waals surface area contributed by atoms with Gasteiger partial charge < -0.3 is 9.32 Å². The first-order chi connectivity index (χ1) is 34.2. The fourth-order valence-corrected chi connectivity index (χ4v) is 11.8. The van der Waals surface area contributed by atoms with Crippen LogP contribution in [0.15, 0.2) is 265 Å². The molecule has 0 fully saturated rings. The maximum Gasteiger partial charge on any atom is 0.143 e. The van der Waals surface area contributed by atoms with Crippen molar-refractivity contribution in [2.45, 2.75) is 5.41 Å². The van der Waals surface area contributed by atoms with Crippen LogP contribution in [-0.4, -0.2) is 0 Å². The van der Waals surface area contributed by atoms with Crippen molar-refractivity contribution in [3.8, 4) is 66.8 Å². The van der Waals surface area contributed by atoms with Gasteiger partial charge in [-0.2, -0.15) is 0 Å². The smallest absolute Gasteiger partial charge is 0.143 e. The maximum absolute atomic E-state index is 6.65. The van der Waals surface area contributed by atoms with Crippen molar-refractivity contribution in [2.75, 3.05) is 4.90 Å². The molecule has 12 aromatic rings. The third-order valence-electron chi connectivity index (χ3n) is 14.7. The number of anilines is 3. The summed E-state index contributed by atoms with van der Waals surface area (Å²) in [5, 5.41) is 2.25. The molecule has 1 aliphatic heterocycles. The highest BCUT2D eigenvalue weighted by Gasteiger charge is 2.52. The zero-order valence-corrected chi connectivity index (χ0v) is 37.7. The van der Waals surface area contributed by atoms with Gasteiger partial charge in [-0.05, 0) is 126 Å². The Labute approximate surface area is 401 Å². The number of nitrogens with zero attached hydrogens (tertiary/aromatic N) is 1. The highest BCUT2D eigenvalue weighted by molar-refractivity contribution is 6.10. The topological polar surface area (TPSA) is 16.4 Å². The summed E-state index contributed by atoms with van der Waals surface area (Å²) >= 11 is 0. The molecule has 0 bridgehead atoms. The normalized spacial score (nSPS) is 13.0. The van der Waals surface area contributed by atoms with Crippen molar-refractivity contribution >= 4 is 39.0 Å². The molecule has 14 rings (SSSR count). The van der Waals surface area contributed by atoms with E-state index in [4.69, 9.17) is 4.42 Å². The molecule has 0 amide bonds. The first-order valence-corrected chi connectivity index (χ1v) is 23.8. The molecule has 11 aromatic carbocycles. The Kier molecular flexibility index (Phi) is 8.84. The van der Waals surface area contributed by atoms with Gasteiger partial charge >= 0.3 is 0 Å². The Hall–Kier alpha value is -8.98. The molecule has 0 saturated heterocycles. The zero-order chi connectivity index (χ0) is 45.5. The van der Waals surface area contributed by atoms with Crippen molar-refractivity contribution in [3.05, 3.63) is 283 Å². The fraction of sp³-hybridized carbons (Fsp3) is 0.0149. The molecule has 0 atom stereocenters. The summed E-state index contributed by atoms with van der Waals surface area (Å²) in [7, 11) is 0. The zero-order valence-electron chi connectivity index (χ0n) is 37.7. The molecule has 0 saturated carbocycles. The van der Waals surface area contributed by atoms with E-state index in [-0.39, 0.29) is 0 Å². The molecule has 2 heteroatoms. The molecule has 0 N–H and O–H groups in total. The Morgan fingerprint density at radius 2 is 0.696 bits per heavy atom. The molecule has 2 heterocycles. The van der Waals surface area contributed by atoms with Crippen LogP contribution in [0.1, 0.15) is 22.3 Å². The summed E-state index contributed by atoms with van der Waals surface area (Å²) in [6, 6.07) is 95.9. The average molecular weight is 878 g/mol. The molecular formula is C67H43NO. The molecule has 0 unspecified atom stereocenters. The summed E-state index contributed by atoms with van der Waals surface area (Å²) in [5.74, 6) is 0. The van der Waals surface area contributed by atoms with E-state index in [1.165, 1.54) is 77.9 Å². The van der Waals surface area contributed by atoms with E-state index in [0.29, 0.717) is 0 Å². The Morgan fingerprint density at radius 3 is 1.28 bits per heavy atom. The van der Waals surface area contributed by atoms with Crippen LogP contribution in [0, 0.1) is 0 Å². The minimum absolute atomic E-state index is 0.665. The predicted molar refractivity (Wildman–Crippen MR) is 286 cm³/mol. The van der Waals surface area contributed by atoms with Crippen molar-refractivity contribution in [1.82, 2.24) is 0 Å². The molecule has 1 aliphatic carbocycles. The summed E-state index contributed by atoms with van der Waals surface area (Å²) in [6.45, 7) is 0. The second kappa shape index (κ2) is 15.6. The van der Waals surface area contributed by atoms with E-state index < -0.39 is 5.41 Å². The monoisotopic (exact) mass is 877 g/mol. The van der Waals surface area contributed by atoms with Gasteiger partial charge in [0.15, 0.2) is 0 Å².